The van der Waals surface area contributed by atoms with Crippen LogP contribution in [0.4, 0.5) is 0 Å². The topological polar surface area (TPSA) is 80.0 Å². The Morgan fingerprint density at radius 2 is 1.74 bits per heavy atom. The average molecular weight is 468 g/mol. The van der Waals surface area contributed by atoms with E-state index in [9.17, 15) is 14.7 Å². The van der Waals surface area contributed by atoms with E-state index in [-0.39, 0.29) is 17.9 Å². The van der Waals surface area contributed by atoms with Gasteiger partial charge in [0.15, 0.2) is 0 Å². The lowest BCUT2D eigenvalue weighted by Gasteiger charge is -2.25. The number of likely N-dealkylation sites (tertiary alicyclic amines) is 1. The van der Waals surface area contributed by atoms with Crippen molar-refractivity contribution in [2.45, 2.75) is 25.9 Å². The molecule has 0 radical (unpaired) electrons. The highest BCUT2D eigenvalue weighted by Crippen LogP contribution is 2.42. The number of fused-ring (bicyclic) bond motifs is 1. The van der Waals surface area contributed by atoms with Gasteiger partial charge < -0.3 is 19.2 Å². The lowest BCUT2D eigenvalue weighted by atomic mass is 9.91. The fourth-order valence-corrected chi connectivity index (χ4v) is 4.51. The third-order valence-corrected chi connectivity index (χ3v) is 6.16. The van der Waals surface area contributed by atoms with Crippen LogP contribution >= 0.6 is 0 Å². The van der Waals surface area contributed by atoms with Crippen LogP contribution in [0.5, 0.6) is 5.75 Å². The quantitative estimate of drug-likeness (QED) is 0.210. The summed E-state index contributed by atoms with van der Waals surface area (Å²) < 4.78 is 11.1. The van der Waals surface area contributed by atoms with Crippen LogP contribution in [0.3, 0.4) is 0 Å². The van der Waals surface area contributed by atoms with Gasteiger partial charge in [-0.25, -0.2) is 0 Å². The molecule has 0 saturated carbocycles. The molecular weight excluding hydrogens is 442 g/mol. The fraction of sp³-hybridized carbons (Fsp3) is 0.172. The predicted molar refractivity (Wildman–Crippen MR) is 133 cm³/mol. The third-order valence-electron chi connectivity index (χ3n) is 6.16. The standard InChI is InChI=1S/C29H25NO5/c1-2-16-34-21-14-12-20(13-15-21)27(31)25-26(24-11-5-8-19-7-3-4-10-23(19)24)30(29(33)28(25)32)18-22-9-6-17-35-22/h3-15,17,26,31H,2,16,18H2,1H3/b27-25-. The van der Waals surface area contributed by atoms with E-state index in [0.29, 0.717) is 23.7 Å². The number of furan rings is 1. The van der Waals surface area contributed by atoms with Crippen LogP contribution in [0.15, 0.2) is 95.1 Å². The zero-order chi connectivity index (χ0) is 24.4. The molecule has 176 valence electrons. The largest absolute Gasteiger partial charge is 0.507 e. The lowest BCUT2D eigenvalue weighted by molar-refractivity contribution is -0.140. The number of amides is 1. The molecule has 35 heavy (non-hydrogen) atoms. The highest BCUT2D eigenvalue weighted by molar-refractivity contribution is 6.46. The van der Waals surface area contributed by atoms with E-state index in [1.54, 1.807) is 36.4 Å². The van der Waals surface area contributed by atoms with E-state index in [1.807, 2.05) is 49.4 Å². The Labute approximate surface area is 203 Å². The van der Waals surface area contributed by atoms with Gasteiger partial charge in [0, 0.05) is 5.56 Å². The van der Waals surface area contributed by atoms with E-state index < -0.39 is 17.7 Å². The van der Waals surface area contributed by atoms with Gasteiger partial charge >= 0.3 is 0 Å². The van der Waals surface area contributed by atoms with Gasteiger partial charge in [-0.1, -0.05) is 49.4 Å². The maximum Gasteiger partial charge on any atom is 0.296 e. The van der Waals surface area contributed by atoms with Crippen molar-refractivity contribution >= 4 is 28.2 Å². The molecule has 1 N–H and O–H groups in total. The van der Waals surface area contributed by atoms with Gasteiger partial charge in [-0.15, -0.1) is 0 Å². The maximum absolute atomic E-state index is 13.3. The SMILES string of the molecule is CCCOc1ccc(/C(O)=C2/C(=O)C(=O)N(Cc3ccco3)C2c2cccc3ccccc23)cc1. The Kier molecular flexibility index (Phi) is 6.10. The van der Waals surface area contributed by atoms with Crippen LogP contribution in [0.2, 0.25) is 0 Å². The first-order chi connectivity index (χ1) is 17.1. The number of ether oxygens (including phenoxy) is 1. The molecule has 1 aliphatic heterocycles. The van der Waals surface area contributed by atoms with Gasteiger partial charge in [0.05, 0.1) is 31.0 Å². The smallest absolute Gasteiger partial charge is 0.296 e. The second-order valence-corrected chi connectivity index (χ2v) is 8.45. The summed E-state index contributed by atoms with van der Waals surface area (Å²) in [5, 5.41) is 13.2. The van der Waals surface area contributed by atoms with Crippen molar-refractivity contribution in [2.24, 2.45) is 0 Å². The summed E-state index contributed by atoms with van der Waals surface area (Å²) in [4.78, 5) is 28.0. The van der Waals surface area contributed by atoms with E-state index in [4.69, 9.17) is 9.15 Å². The number of hydrogen-bond donors (Lipinski definition) is 1. The summed E-state index contributed by atoms with van der Waals surface area (Å²) in [5.74, 6) is -0.394. The summed E-state index contributed by atoms with van der Waals surface area (Å²) in [6.45, 7) is 2.71. The van der Waals surface area contributed by atoms with Crippen LogP contribution in [0.25, 0.3) is 16.5 Å². The van der Waals surface area contributed by atoms with Crippen molar-refractivity contribution in [2.75, 3.05) is 6.61 Å². The molecule has 6 nitrogen and oxygen atoms in total. The van der Waals surface area contributed by atoms with Crippen molar-refractivity contribution in [1.82, 2.24) is 4.90 Å². The van der Waals surface area contributed by atoms with Gasteiger partial charge in [0.1, 0.15) is 17.3 Å². The van der Waals surface area contributed by atoms with Crippen molar-refractivity contribution in [3.63, 3.8) is 0 Å². The van der Waals surface area contributed by atoms with Gasteiger partial charge in [0.25, 0.3) is 11.7 Å². The van der Waals surface area contributed by atoms with Crippen LogP contribution in [0, 0.1) is 0 Å². The molecule has 1 amide bonds. The minimum atomic E-state index is -0.776. The molecule has 0 aliphatic carbocycles. The average Bonchev–Trinajstić information content (AvgIpc) is 3.49. The molecule has 1 aromatic heterocycles. The van der Waals surface area contributed by atoms with Crippen LogP contribution in [-0.4, -0.2) is 28.3 Å². The van der Waals surface area contributed by atoms with E-state index >= 15 is 0 Å². The summed E-state index contributed by atoms with van der Waals surface area (Å²) >= 11 is 0. The highest BCUT2D eigenvalue weighted by Gasteiger charge is 2.46. The number of hydrogen-bond acceptors (Lipinski definition) is 5. The monoisotopic (exact) mass is 467 g/mol. The molecular formula is C29H25NO5. The van der Waals surface area contributed by atoms with Gasteiger partial charge in [-0.3, -0.25) is 9.59 Å². The van der Waals surface area contributed by atoms with Crippen molar-refractivity contribution < 1.29 is 23.8 Å². The van der Waals surface area contributed by atoms with Crippen LogP contribution in [0.1, 0.15) is 36.3 Å². The Hall–Kier alpha value is -4.32. The first kappa shape index (κ1) is 22.5. The summed E-state index contributed by atoms with van der Waals surface area (Å²) in [5.41, 5.74) is 1.26. The number of rotatable bonds is 7. The lowest BCUT2D eigenvalue weighted by Crippen LogP contribution is -2.29. The van der Waals surface area contributed by atoms with Gasteiger partial charge in [0.2, 0.25) is 0 Å². The summed E-state index contributed by atoms with van der Waals surface area (Å²) in [6, 6.07) is 23.2. The van der Waals surface area contributed by atoms with Crippen molar-refractivity contribution in [3.05, 3.63) is 108 Å². The highest BCUT2D eigenvalue weighted by atomic mass is 16.5. The van der Waals surface area contributed by atoms with E-state index in [2.05, 4.69) is 0 Å². The molecule has 0 bridgehead atoms. The first-order valence-electron chi connectivity index (χ1n) is 11.6. The number of aliphatic hydroxyl groups is 1. The number of aliphatic hydroxyl groups excluding tert-OH is 1. The number of nitrogens with zero attached hydrogens (tertiary/aromatic N) is 1. The molecule has 5 rings (SSSR count). The number of carbonyl (C=O) groups is 2. The van der Waals surface area contributed by atoms with Crippen molar-refractivity contribution in [3.8, 4) is 5.75 Å². The Balaban J connectivity index is 1.65. The predicted octanol–water partition coefficient (Wildman–Crippen LogP) is 5.84. The second kappa shape index (κ2) is 9.50. The molecule has 3 aromatic carbocycles. The summed E-state index contributed by atoms with van der Waals surface area (Å²) in [6.07, 6.45) is 2.41. The first-order valence-corrected chi connectivity index (χ1v) is 11.6. The van der Waals surface area contributed by atoms with Gasteiger partial charge in [-0.05, 0) is 59.2 Å². The van der Waals surface area contributed by atoms with Crippen LogP contribution < -0.4 is 4.74 Å². The number of Topliss-reactive ketones (excluding diaryl/α,β-unsaturated/α-hetero) is 1. The Morgan fingerprint density at radius 3 is 2.49 bits per heavy atom. The molecule has 2 heterocycles. The Bertz CT molecular complexity index is 1400. The number of carbonyl (C=O) groups excluding carboxylic acids is 2. The molecule has 6 heteroatoms. The molecule has 1 fully saturated rings. The van der Waals surface area contributed by atoms with Crippen LogP contribution in [-0.2, 0) is 16.1 Å². The molecule has 1 atom stereocenters. The number of benzene rings is 3. The summed E-state index contributed by atoms with van der Waals surface area (Å²) in [7, 11) is 0. The molecule has 1 unspecified atom stereocenters. The molecule has 4 aromatic rings. The Morgan fingerprint density at radius 1 is 0.971 bits per heavy atom. The second-order valence-electron chi connectivity index (χ2n) is 8.45. The minimum Gasteiger partial charge on any atom is -0.507 e. The number of ketones is 1. The zero-order valence-corrected chi connectivity index (χ0v) is 19.3. The third kappa shape index (κ3) is 4.19. The van der Waals surface area contributed by atoms with Crippen molar-refractivity contribution in [1.29, 1.82) is 0 Å². The minimum absolute atomic E-state index is 0.0557. The van der Waals surface area contributed by atoms with E-state index in [0.717, 1.165) is 22.8 Å². The van der Waals surface area contributed by atoms with E-state index in [1.165, 1.54) is 11.2 Å². The normalized spacial score (nSPS) is 17.3. The molecule has 1 aliphatic rings. The zero-order valence-electron chi connectivity index (χ0n) is 19.3. The fourth-order valence-electron chi connectivity index (χ4n) is 4.51. The maximum atomic E-state index is 13.3. The molecule has 1 saturated heterocycles. The molecule has 0 spiro atoms. The van der Waals surface area contributed by atoms with Gasteiger partial charge in [-0.2, -0.15) is 0 Å².